The van der Waals surface area contributed by atoms with Crippen LogP contribution >= 0.6 is 51.1 Å². The Morgan fingerprint density at radius 1 is 1.42 bits per heavy atom. The first-order chi connectivity index (χ1) is 8.99. The minimum atomic E-state index is -0.409. The standard InChI is InChI=1S/C12H9BrClFN2S2/c13-10-7(12(16)18)2-3-8(11(10)15)17-5-6-1-4-9(14)19-6/h1-4,17H,5H2,(H2,16,18). The van der Waals surface area contributed by atoms with Crippen LogP contribution in [0.4, 0.5) is 10.1 Å². The molecule has 2 aromatic rings. The molecule has 0 spiro atoms. The van der Waals surface area contributed by atoms with Gasteiger partial charge in [0.25, 0.3) is 0 Å². The summed E-state index contributed by atoms with van der Waals surface area (Å²) in [6, 6.07) is 7.00. The first kappa shape index (κ1) is 14.7. The Hall–Kier alpha value is -0.690. The number of hydrogen-bond acceptors (Lipinski definition) is 3. The molecule has 0 radical (unpaired) electrons. The highest BCUT2D eigenvalue weighted by Gasteiger charge is 2.12. The molecule has 0 aliphatic heterocycles. The van der Waals surface area contributed by atoms with Crippen LogP contribution in [0.15, 0.2) is 28.7 Å². The van der Waals surface area contributed by atoms with E-state index in [2.05, 4.69) is 21.2 Å². The van der Waals surface area contributed by atoms with Gasteiger partial charge in [0.2, 0.25) is 0 Å². The molecule has 7 heteroatoms. The fourth-order valence-corrected chi connectivity index (χ4v) is 3.39. The normalized spacial score (nSPS) is 10.5. The van der Waals surface area contributed by atoms with E-state index in [9.17, 15) is 4.39 Å². The third kappa shape index (κ3) is 3.45. The number of thiocarbonyl (C=S) groups is 1. The zero-order valence-electron chi connectivity index (χ0n) is 9.54. The van der Waals surface area contributed by atoms with E-state index in [1.165, 1.54) is 11.3 Å². The van der Waals surface area contributed by atoms with Crippen LogP contribution in [0.3, 0.4) is 0 Å². The molecule has 100 valence electrons. The molecule has 2 rings (SSSR count). The zero-order valence-corrected chi connectivity index (χ0v) is 13.5. The topological polar surface area (TPSA) is 38.0 Å². The number of nitrogens with one attached hydrogen (secondary N) is 1. The summed E-state index contributed by atoms with van der Waals surface area (Å²) in [5.74, 6) is -0.409. The number of rotatable bonds is 4. The molecule has 0 saturated carbocycles. The number of anilines is 1. The van der Waals surface area contributed by atoms with Crippen LogP contribution < -0.4 is 11.1 Å². The van der Waals surface area contributed by atoms with Gasteiger partial charge in [-0.2, -0.15) is 0 Å². The SMILES string of the molecule is NC(=S)c1ccc(NCc2ccc(Cl)s2)c(F)c1Br. The van der Waals surface area contributed by atoms with Crippen LogP contribution in [-0.4, -0.2) is 4.99 Å². The second-order valence-electron chi connectivity index (χ2n) is 3.71. The van der Waals surface area contributed by atoms with Crippen molar-refractivity contribution in [2.45, 2.75) is 6.54 Å². The van der Waals surface area contributed by atoms with E-state index in [0.29, 0.717) is 22.1 Å². The summed E-state index contributed by atoms with van der Waals surface area (Å²) in [6.07, 6.45) is 0. The Bertz CT molecular complexity index is 630. The Balaban J connectivity index is 2.17. The van der Waals surface area contributed by atoms with Gasteiger partial charge in [-0.25, -0.2) is 4.39 Å². The van der Waals surface area contributed by atoms with Gasteiger partial charge in [-0.1, -0.05) is 23.8 Å². The van der Waals surface area contributed by atoms with Crippen LogP contribution in [0, 0.1) is 5.82 Å². The summed E-state index contributed by atoms with van der Waals surface area (Å²) in [6.45, 7) is 0.507. The van der Waals surface area contributed by atoms with Gasteiger partial charge in [-0.3, -0.25) is 0 Å². The zero-order chi connectivity index (χ0) is 14.0. The second-order valence-corrected chi connectivity index (χ2v) is 6.74. The highest BCUT2D eigenvalue weighted by Crippen LogP contribution is 2.28. The summed E-state index contributed by atoms with van der Waals surface area (Å²) in [5.41, 5.74) is 6.37. The average molecular weight is 380 g/mol. The molecule has 1 aromatic carbocycles. The molecule has 0 bridgehead atoms. The smallest absolute Gasteiger partial charge is 0.161 e. The summed E-state index contributed by atoms with van der Waals surface area (Å²) >= 11 is 15.3. The van der Waals surface area contributed by atoms with Gasteiger partial charge in [0.05, 0.1) is 14.5 Å². The van der Waals surface area contributed by atoms with Gasteiger partial charge < -0.3 is 11.1 Å². The summed E-state index contributed by atoms with van der Waals surface area (Å²) in [7, 11) is 0. The maximum absolute atomic E-state index is 14.1. The third-order valence-electron chi connectivity index (χ3n) is 2.43. The van der Waals surface area contributed by atoms with Crippen molar-refractivity contribution >= 4 is 61.8 Å². The number of nitrogens with two attached hydrogens (primary N) is 1. The molecular formula is C12H9BrClFN2S2. The first-order valence-corrected chi connectivity index (χ1v) is 7.64. The fourth-order valence-electron chi connectivity index (χ4n) is 1.51. The van der Waals surface area contributed by atoms with Gasteiger partial charge in [0.1, 0.15) is 4.99 Å². The molecule has 0 amide bonds. The van der Waals surface area contributed by atoms with Crippen LogP contribution in [-0.2, 0) is 6.54 Å². The largest absolute Gasteiger partial charge is 0.389 e. The van der Waals surface area contributed by atoms with Crippen molar-refractivity contribution in [3.8, 4) is 0 Å². The Morgan fingerprint density at radius 2 is 2.16 bits per heavy atom. The van der Waals surface area contributed by atoms with Crippen LogP contribution in [0.5, 0.6) is 0 Å². The van der Waals surface area contributed by atoms with Crippen molar-refractivity contribution < 1.29 is 4.39 Å². The lowest BCUT2D eigenvalue weighted by Crippen LogP contribution is -2.11. The van der Waals surface area contributed by atoms with E-state index in [1.54, 1.807) is 12.1 Å². The summed E-state index contributed by atoms with van der Waals surface area (Å²) < 4.78 is 15.1. The van der Waals surface area contributed by atoms with E-state index < -0.39 is 5.82 Å². The summed E-state index contributed by atoms with van der Waals surface area (Å²) in [5, 5.41) is 3.01. The molecule has 0 saturated heterocycles. The molecule has 2 nitrogen and oxygen atoms in total. The molecule has 19 heavy (non-hydrogen) atoms. The number of halogens is 3. The van der Waals surface area contributed by atoms with Crippen molar-refractivity contribution in [1.29, 1.82) is 0 Å². The van der Waals surface area contributed by atoms with Gasteiger partial charge >= 0.3 is 0 Å². The minimum absolute atomic E-state index is 0.155. The van der Waals surface area contributed by atoms with Gasteiger partial charge in [0.15, 0.2) is 5.82 Å². The second kappa shape index (κ2) is 6.17. The third-order valence-corrected chi connectivity index (χ3v) is 4.66. The quantitative estimate of drug-likeness (QED) is 0.765. The van der Waals surface area contributed by atoms with Crippen LogP contribution in [0.1, 0.15) is 10.4 Å². The Kier molecular flexibility index (Phi) is 4.78. The predicted octanol–water partition coefficient (Wildman–Crippen LogP) is 4.55. The van der Waals surface area contributed by atoms with Gasteiger partial charge in [-0.05, 0) is 40.2 Å². The van der Waals surface area contributed by atoms with Crippen molar-refractivity contribution in [3.63, 3.8) is 0 Å². The maximum Gasteiger partial charge on any atom is 0.161 e. The highest BCUT2D eigenvalue weighted by molar-refractivity contribution is 9.10. The van der Waals surface area contributed by atoms with E-state index in [1.807, 2.05) is 12.1 Å². The highest BCUT2D eigenvalue weighted by atomic mass is 79.9. The molecular weight excluding hydrogens is 371 g/mol. The molecule has 0 aliphatic rings. The molecule has 0 atom stereocenters. The van der Waals surface area contributed by atoms with Crippen molar-refractivity contribution in [2.24, 2.45) is 5.73 Å². The van der Waals surface area contributed by atoms with Gasteiger partial charge in [0, 0.05) is 17.0 Å². The van der Waals surface area contributed by atoms with E-state index in [4.69, 9.17) is 29.6 Å². The average Bonchev–Trinajstić information content (AvgIpc) is 2.76. The summed E-state index contributed by atoms with van der Waals surface area (Å²) in [4.78, 5) is 1.18. The van der Waals surface area contributed by atoms with Crippen molar-refractivity contribution in [1.82, 2.24) is 0 Å². The molecule has 0 unspecified atom stereocenters. The lowest BCUT2D eigenvalue weighted by Gasteiger charge is -2.10. The number of thiophene rings is 1. The maximum atomic E-state index is 14.1. The van der Waals surface area contributed by atoms with E-state index in [-0.39, 0.29) is 9.46 Å². The Morgan fingerprint density at radius 3 is 2.74 bits per heavy atom. The first-order valence-electron chi connectivity index (χ1n) is 5.25. The van der Waals surface area contributed by atoms with Crippen molar-refractivity contribution in [3.05, 3.63) is 49.3 Å². The van der Waals surface area contributed by atoms with E-state index >= 15 is 0 Å². The molecule has 1 aromatic heterocycles. The van der Waals surface area contributed by atoms with Gasteiger partial charge in [-0.15, -0.1) is 11.3 Å². The Labute approximate surface area is 132 Å². The minimum Gasteiger partial charge on any atom is -0.389 e. The lowest BCUT2D eigenvalue weighted by atomic mass is 10.2. The molecule has 0 aliphatic carbocycles. The molecule has 0 fully saturated rings. The number of benzene rings is 1. The molecule has 3 N–H and O–H groups in total. The van der Waals surface area contributed by atoms with Crippen LogP contribution in [0.2, 0.25) is 4.34 Å². The lowest BCUT2D eigenvalue weighted by molar-refractivity contribution is 0.623. The fraction of sp³-hybridized carbons (Fsp3) is 0.0833. The van der Waals surface area contributed by atoms with Crippen molar-refractivity contribution in [2.75, 3.05) is 5.32 Å². The van der Waals surface area contributed by atoms with Crippen LogP contribution in [0.25, 0.3) is 0 Å². The van der Waals surface area contributed by atoms with E-state index in [0.717, 1.165) is 4.88 Å². The molecule has 1 heterocycles. The predicted molar refractivity (Wildman–Crippen MR) is 86.6 cm³/mol. The monoisotopic (exact) mass is 378 g/mol. The number of hydrogen-bond donors (Lipinski definition) is 2.